The number of aliphatic carboxylic acids is 1. The van der Waals surface area contributed by atoms with Gasteiger partial charge in [0.2, 0.25) is 0 Å². The zero-order valence-electron chi connectivity index (χ0n) is 6.07. The lowest BCUT2D eigenvalue weighted by Gasteiger charge is -1.93. The number of aromatic nitrogens is 1. The van der Waals surface area contributed by atoms with Crippen molar-refractivity contribution in [1.82, 2.24) is 4.98 Å². The Morgan fingerprint density at radius 1 is 1.67 bits per heavy atom. The van der Waals surface area contributed by atoms with Crippen molar-refractivity contribution in [3.63, 3.8) is 0 Å². The third-order valence-corrected chi connectivity index (χ3v) is 1.19. The number of pyridine rings is 1. The molecule has 0 unspecified atom stereocenters. The van der Waals surface area contributed by atoms with Crippen molar-refractivity contribution in [3.05, 3.63) is 36.2 Å². The van der Waals surface area contributed by atoms with Crippen LogP contribution in [0.4, 0.5) is 4.39 Å². The molecule has 0 amide bonds. The van der Waals surface area contributed by atoms with Gasteiger partial charge in [0, 0.05) is 18.0 Å². The molecule has 0 spiro atoms. The standard InChI is InChI=1S/C8H6FNO2/c9-7(4-8(11)12)6-2-1-3-10-5-6/h1-5H,(H,11,12). The van der Waals surface area contributed by atoms with E-state index in [0.29, 0.717) is 6.08 Å². The second kappa shape index (κ2) is 3.61. The van der Waals surface area contributed by atoms with Crippen LogP contribution in [-0.4, -0.2) is 16.1 Å². The summed E-state index contributed by atoms with van der Waals surface area (Å²) in [6.07, 6.45) is 3.24. The predicted molar refractivity (Wildman–Crippen MR) is 41.0 cm³/mol. The molecule has 1 aromatic rings. The van der Waals surface area contributed by atoms with E-state index in [0.717, 1.165) is 0 Å². The SMILES string of the molecule is O=C(O)C=C(F)c1cccnc1. The first kappa shape index (κ1) is 8.39. The van der Waals surface area contributed by atoms with E-state index in [4.69, 9.17) is 5.11 Å². The summed E-state index contributed by atoms with van der Waals surface area (Å²) in [4.78, 5) is 13.7. The highest BCUT2D eigenvalue weighted by Crippen LogP contribution is 2.12. The monoisotopic (exact) mass is 167 g/mol. The lowest BCUT2D eigenvalue weighted by molar-refractivity contribution is -0.131. The molecule has 12 heavy (non-hydrogen) atoms. The van der Waals surface area contributed by atoms with Gasteiger partial charge in [-0.3, -0.25) is 4.98 Å². The first-order valence-corrected chi connectivity index (χ1v) is 3.20. The zero-order chi connectivity index (χ0) is 8.97. The highest BCUT2D eigenvalue weighted by molar-refractivity contribution is 5.87. The largest absolute Gasteiger partial charge is 0.478 e. The summed E-state index contributed by atoms with van der Waals surface area (Å²) in [6, 6.07) is 2.98. The molecule has 1 heterocycles. The maximum Gasteiger partial charge on any atom is 0.331 e. The van der Waals surface area contributed by atoms with Crippen LogP contribution in [0.2, 0.25) is 0 Å². The minimum absolute atomic E-state index is 0.167. The molecule has 0 aliphatic rings. The molecule has 1 rings (SSSR count). The smallest absolute Gasteiger partial charge is 0.331 e. The van der Waals surface area contributed by atoms with Gasteiger partial charge in [-0.25, -0.2) is 9.18 Å². The molecule has 0 aliphatic carbocycles. The molecule has 0 saturated carbocycles. The minimum Gasteiger partial charge on any atom is -0.478 e. The van der Waals surface area contributed by atoms with Crippen molar-refractivity contribution >= 4 is 11.8 Å². The first-order chi connectivity index (χ1) is 5.70. The molecule has 0 saturated heterocycles. The highest BCUT2D eigenvalue weighted by Gasteiger charge is 2.01. The summed E-state index contributed by atoms with van der Waals surface area (Å²) in [5, 5.41) is 8.21. The van der Waals surface area contributed by atoms with Crippen LogP contribution in [0.25, 0.3) is 5.83 Å². The molecule has 3 nitrogen and oxygen atoms in total. The Kier molecular flexibility index (Phi) is 2.53. The van der Waals surface area contributed by atoms with E-state index in [-0.39, 0.29) is 5.56 Å². The van der Waals surface area contributed by atoms with E-state index in [2.05, 4.69) is 4.98 Å². The average molecular weight is 167 g/mol. The fraction of sp³-hybridized carbons (Fsp3) is 0. The van der Waals surface area contributed by atoms with Gasteiger partial charge in [0.25, 0.3) is 0 Å². The second-order valence-electron chi connectivity index (χ2n) is 2.07. The number of hydrogen-bond acceptors (Lipinski definition) is 2. The molecule has 0 fully saturated rings. The average Bonchev–Trinajstić information content (AvgIpc) is 2.05. The lowest BCUT2D eigenvalue weighted by atomic mass is 10.2. The topological polar surface area (TPSA) is 50.2 Å². The number of carbonyl (C=O) groups is 1. The second-order valence-corrected chi connectivity index (χ2v) is 2.07. The minimum atomic E-state index is -1.31. The molecule has 0 aromatic carbocycles. The number of nitrogens with zero attached hydrogens (tertiary/aromatic N) is 1. The van der Waals surface area contributed by atoms with Gasteiger partial charge in [-0.1, -0.05) is 0 Å². The molecule has 0 atom stereocenters. The molecule has 4 heteroatoms. The Balaban J connectivity index is 2.93. The Morgan fingerprint density at radius 3 is 2.92 bits per heavy atom. The summed E-state index contributed by atoms with van der Waals surface area (Å²) in [6.45, 7) is 0. The van der Waals surface area contributed by atoms with Gasteiger partial charge in [-0.15, -0.1) is 0 Å². The maximum absolute atomic E-state index is 12.8. The van der Waals surface area contributed by atoms with Gasteiger partial charge >= 0.3 is 5.97 Å². The highest BCUT2D eigenvalue weighted by atomic mass is 19.1. The molecule has 0 bridgehead atoms. The fourth-order valence-corrected chi connectivity index (χ4v) is 0.696. The third kappa shape index (κ3) is 2.16. The summed E-state index contributed by atoms with van der Waals surface area (Å²) in [5.41, 5.74) is 0.167. The Hall–Kier alpha value is -1.71. The van der Waals surface area contributed by atoms with Crippen LogP contribution in [0.1, 0.15) is 5.56 Å². The summed E-state index contributed by atoms with van der Waals surface area (Å²) in [5.74, 6) is -2.10. The van der Waals surface area contributed by atoms with Crippen molar-refractivity contribution in [2.24, 2.45) is 0 Å². The van der Waals surface area contributed by atoms with Gasteiger partial charge in [0.1, 0.15) is 5.83 Å². The van der Waals surface area contributed by atoms with E-state index in [1.165, 1.54) is 24.5 Å². The van der Waals surface area contributed by atoms with E-state index >= 15 is 0 Å². The Labute approximate surface area is 68.2 Å². The number of halogens is 1. The zero-order valence-corrected chi connectivity index (χ0v) is 6.07. The number of carboxylic acids is 1. The van der Waals surface area contributed by atoms with E-state index < -0.39 is 11.8 Å². The molecule has 0 radical (unpaired) electrons. The van der Waals surface area contributed by atoms with Gasteiger partial charge in [0.15, 0.2) is 0 Å². The van der Waals surface area contributed by atoms with Gasteiger partial charge in [-0.05, 0) is 12.1 Å². The van der Waals surface area contributed by atoms with Crippen molar-refractivity contribution in [3.8, 4) is 0 Å². The molecular formula is C8H6FNO2. The fourth-order valence-electron chi connectivity index (χ4n) is 0.696. The third-order valence-electron chi connectivity index (χ3n) is 1.19. The quantitative estimate of drug-likeness (QED) is 0.678. The normalized spacial score (nSPS) is 11.2. The number of hydrogen-bond donors (Lipinski definition) is 1. The Bertz CT molecular complexity index is 308. The van der Waals surface area contributed by atoms with Crippen LogP contribution in [0, 0.1) is 0 Å². The molecule has 62 valence electrons. The summed E-state index contributed by atoms with van der Waals surface area (Å²) in [7, 11) is 0. The van der Waals surface area contributed by atoms with Crippen molar-refractivity contribution in [1.29, 1.82) is 0 Å². The van der Waals surface area contributed by atoms with Crippen LogP contribution >= 0.6 is 0 Å². The van der Waals surface area contributed by atoms with Crippen molar-refractivity contribution in [2.75, 3.05) is 0 Å². The number of rotatable bonds is 2. The molecule has 0 aliphatic heterocycles. The van der Waals surface area contributed by atoms with Crippen LogP contribution in [-0.2, 0) is 4.79 Å². The van der Waals surface area contributed by atoms with E-state index in [9.17, 15) is 9.18 Å². The summed E-state index contributed by atoms with van der Waals surface area (Å²) < 4.78 is 12.8. The lowest BCUT2D eigenvalue weighted by Crippen LogP contribution is -1.89. The van der Waals surface area contributed by atoms with E-state index in [1.54, 1.807) is 0 Å². The van der Waals surface area contributed by atoms with Gasteiger partial charge < -0.3 is 5.11 Å². The summed E-state index contributed by atoms with van der Waals surface area (Å²) >= 11 is 0. The number of carboxylic acid groups (broad SMARTS) is 1. The Morgan fingerprint density at radius 2 is 2.42 bits per heavy atom. The van der Waals surface area contributed by atoms with Crippen LogP contribution in [0.5, 0.6) is 0 Å². The van der Waals surface area contributed by atoms with Crippen molar-refractivity contribution in [2.45, 2.75) is 0 Å². The van der Waals surface area contributed by atoms with Gasteiger partial charge in [-0.2, -0.15) is 0 Å². The maximum atomic E-state index is 12.8. The van der Waals surface area contributed by atoms with Crippen LogP contribution in [0.15, 0.2) is 30.6 Å². The molecule has 1 aromatic heterocycles. The molecule has 1 N–H and O–H groups in total. The van der Waals surface area contributed by atoms with Crippen LogP contribution in [0.3, 0.4) is 0 Å². The first-order valence-electron chi connectivity index (χ1n) is 3.20. The predicted octanol–water partition coefficient (Wildman–Crippen LogP) is 1.48. The van der Waals surface area contributed by atoms with Crippen molar-refractivity contribution < 1.29 is 14.3 Å². The molecular weight excluding hydrogens is 161 g/mol. The van der Waals surface area contributed by atoms with Crippen LogP contribution < -0.4 is 0 Å². The van der Waals surface area contributed by atoms with E-state index in [1.807, 2.05) is 0 Å². The van der Waals surface area contributed by atoms with Gasteiger partial charge in [0.05, 0.1) is 6.08 Å².